The van der Waals surface area contributed by atoms with Crippen LogP contribution >= 0.6 is 0 Å². The molecular weight excluding hydrogens is 432 g/mol. The lowest BCUT2D eigenvalue weighted by Crippen LogP contribution is -2.14. The number of hydrogen-bond donors (Lipinski definition) is 0. The molecule has 186 valence electrons. The molecule has 0 radical (unpaired) electrons. The molecular formula is C28H38O6. The average molecular weight is 471 g/mol. The van der Waals surface area contributed by atoms with Gasteiger partial charge in [0.25, 0.3) is 0 Å². The van der Waals surface area contributed by atoms with Crippen LogP contribution in [0.1, 0.15) is 61.5 Å². The minimum Gasteiger partial charge on any atom is -0.466 e. The van der Waals surface area contributed by atoms with Gasteiger partial charge in [0.1, 0.15) is 0 Å². The van der Waals surface area contributed by atoms with E-state index in [0.29, 0.717) is 39.3 Å². The molecule has 0 amide bonds. The standard InChI is InChI=1S/C28H38O6/c1-31-19-15-25(23-9-5-3-6-10-23)17-21-33-27(29)13-14-28(30)34-22-18-26(16-20-32-2)24-11-7-4-8-12-24/h3-12,25-26H,13-22H2,1-2H3. The lowest BCUT2D eigenvalue weighted by atomic mass is 9.93. The smallest absolute Gasteiger partial charge is 0.306 e. The van der Waals surface area contributed by atoms with Crippen molar-refractivity contribution < 1.29 is 28.5 Å². The maximum absolute atomic E-state index is 12.1. The second-order valence-corrected chi connectivity index (χ2v) is 8.30. The van der Waals surface area contributed by atoms with Gasteiger partial charge in [0.15, 0.2) is 0 Å². The number of carbonyl (C=O) groups excluding carboxylic acids is 2. The maximum atomic E-state index is 12.1. The van der Waals surface area contributed by atoms with Crippen molar-refractivity contribution in [1.82, 2.24) is 0 Å². The monoisotopic (exact) mass is 470 g/mol. The molecule has 0 bridgehead atoms. The number of methoxy groups -OCH3 is 2. The van der Waals surface area contributed by atoms with Gasteiger partial charge in [-0.25, -0.2) is 0 Å². The predicted octanol–water partition coefficient (Wildman–Crippen LogP) is 5.27. The third-order valence-electron chi connectivity index (χ3n) is 5.87. The van der Waals surface area contributed by atoms with E-state index < -0.39 is 0 Å². The molecule has 0 saturated heterocycles. The largest absolute Gasteiger partial charge is 0.466 e. The van der Waals surface area contributed by atoms with Crippen LogP contribution < -0.4 is 0 Å². The molecule has 0 fully saturated rings. The van der Waals surface area contributed by atoms with Gasteiger partial charge in [0.2, 0.25) is 0 Å². The Morgan fingerprint density at radius 1 is 0.588 bits per heavy atom. The Bertz CT molecular complexity index is 739. The van der Waals surface area contributed by atoms with Gasteiger partial charge in [-0.2, -0.15) is 0 Å². The van der Waals surface area contributed by atoms with E-state index in [4.69, 9.17) is 18.9 Å². The maximum Gasteiger partial charge on any atom is 0.306 e. The Morgan fingerprint density at radius 2 is 0.941 bits per heavy atom. The summed E-state index contributed by atoms with van der Waals surface area (Å²) in [7, 11) is 3.37. The average Bonchev–Trinajstić information content (AvgIpc) is 2.87. The van der Waals surface area contributed by atoms with E-state index >= 15 is 0 Å². The number of rotatable bonds is 17. The van der Waals surface area contributed by atoms with E-state index in [1.165, 1.54) is 11.1 Å². The lowest BCUT2D eigenvalue weighted by molar-refractivity contribution is -0.150. The first-order chi connectivity index (χ1) is 16.6. The molecule has 2 aromatic rings. The summed E-state index contributed by atoms with van der Waals surface area (Å²) in [5.74, 6) is -0.236. The second-order valence-electron chi connectivity index (χ2n) is 8.30. The minimum absolute atomic E-state index is 0.0265. The Kier molecular flexibility index (Phi) is 13.6. The first-order valence-electron chi connectivity index (χ1n) is 12.0. The molecule has 2 atom stereocenters. The molecule has 6 nitrogen and oxygen atoms in total. The van der Waals surface area contributed by atoms with Crippen LogP contribution in [0.3, 0.4) is 0 Å². The van der Waals surface area contributed by atoms with Gasteiger partial charge in [0, 0.05) is 27.4 Å². The molecule has 0 aliphatic rings. The van der Waals surface area contributed by atoms with Gasteiger partial charge in [-0.15, -0.1) is 0 Å². The molecule has 0 spiro atoms. The normalized spacial score (nSPS) is 12.6. The fraction of sp³-hybridized carbons (Fsp3) is 0.500. The van der Waals surface area contributed by atoms with Crippen molar-refractivity contribution in [3.05, 3.63) is 71.8 Å². The van der Waals surface area contributed by atoms with Crippen LogP contribution in [0.2, 0.25) is 0 Å². The summed E-state index contributed by atoms with van der Waals surface area (Å²) in [5.41, 5.74) is 2.41. The molecule has 0 aliphatic heterocycles. The molecule has 0 aromatic heterocycles. The Hall–Kier alpha value is -2.70. The fourth-order valence-electron chi connectivity index (χ4n) is 3.90. The summed E-state index contributed by atoms with van der Waals surface area (Å²) < 4.78 is 21.2. The third-order valence-corrected chi connectivity index (χ3v) is 5.87. The van der Waals surface area contributed by atoms with Crippen LogP contribution in [0.25, 0.3) is 0 Å². The molecule has 0 heterocycles. The van der Waals surface area contributed by atoms with Gasteiger partial charge in [0.05, 0.1) is 26.1 Å². The highest BCUT2D eigenvalue weighted by molar-refractivity contribution is 5.77. The number of carbonyl (C=O) groups is 2. The van der Waals surface area contributed by atoms with E-state index in [1.54, 1.807) is 14.2 Å². The summed E-state index contributed by atoms with van der Waals surface area (Å²) in [6.45, 7) is 1.93. The summed E-state index contributed by atoms with van der Waals surface area (Å²) in [5, 5.41) is 0. The Morgan fingerprint density at radius 3 is 1.29 bits per heavy atom. The summed E-state index contributed by atoms with van der Waals surface area (Å²) >= 11 is 0. The zero-order valence-electron chi connectivity index (χ0n) is 20.4. The van der Waals surface area contributed by atoms with Gasteiger partial charge >= 0.3 is 11.9 Å². The lowest BCUT2D eigenvalue weighted by Gasteiger charge is -2.17. The van der Waals surface area contributed by atoms with Crippen LogP contribution in [0.15, 0.2) is 60.7 Å². The van der Waals surface area contributed by atoms with Crippen LogP contribution in [-0.4, -0.2) is 52.6 Å². The molecule has 2 unspecified atom stereocenters. The minimum atomic E-state index is -0.377. The predicted molar refractivity (Wildman–Crippen MR) is 132 cm³/mol. The van der Waals surface area contributed by atoms with Crippen molar-refractivity contribution in [2.45, 2.75) is 50.4 Å². The number of esters is 2. The first kappa shape index (κ1) is 27.5. The van der Waals surface area contributed by atoms with Crippen LogP contribution in [-0.2, 0) is 28.5 Å². The highest BCUT2D eigenvalue weighted by atomic mass is 16.5. The topological polar surface area (TPSA) is 71.1 Å². The second kappa shape index (κ2) is 16.8. The molecule has 34 heavy (non-hydrogen) atoms. The van der Waals surface area contributed by atoms with Gasteiger partial charge in [-0.3, -0.25) is 9.59 Å². The molecule has 2 aromatic carbocycles. The third kappa shape index (κ3) is 10.9. The number of hydrogen-bond acceptors (Lipinski definition) is 6. The SMILES string of the molecule is COCCC(CCOC(=O)CCC(=O)OCCC(CCOC)c1ccccc1)c1ccccc1. The molecule has 2 rings (SSSR count). The zero-order chi connectivity index (χ0) is 24.4. The van der Waals surface area contributed by atoms with E-state index in [-0.39, 0.29) is 36.6 Å². The quantitative estimate of drug-likeness (QED) is 0.293. The van der Waals surface area contributed by atoms with Crippen LogP contribution in [0, 0.1) is 0 Å². The Balaban J connectivity index is 1.66. The van der Waals surface area contributed by atoms with Crippen LogP contribution in [0.4, 0.5) is 0 Å². The highest BCUT2D eigenvalue weighted by Crippen LogP contribution is 2.24. The number of ether oxygens (including phenoxy) is 4. The van der Waals surface area contributed by atoms with E-state index in [0.717, 1.165) is 12.8 Å². The van der Waals surface area contributed by atoms with E-state index in [2.05, 4.69) is 24.3 Å². The summed E-state index contributed by atoms with van der Waals surface area (Å²) in [4.78, 5) is 24.2. The molecule has 0 saturated carbocycles. The van der Waals surface area contributed by atoms with Crippen LogP contribution in [0.5, 0.6) is 0 Å². The van der Waals surface area contributed by atoms with E-state index in [1.807, 2.05) is 36.4 Å². The summed E-state index contributed by atoms with van der Waals surface area (Å²) in [6.07, 6.45) is 3.20. The van der Waals surface area contributed by atoms with Crippen molar-refractivity contribution >= 4 is 11.9 Å². The van der Waals surface area contributed by atoms with Crippen molar-refractivity contribution in [1.29, 1.82) is 0 Å². The van der Waals surface area contributed by atoms with Crippen molar-refractivity contribution in [2.24, 2.45) is 0 Å². The molecule has 0 N–H and O–H groups in total. The molecule has 0 aliphatic carbocycles. The first-order valence-corrected chi connectivity index (χ1v) is 12.0. The van der Waals surface area contributed by atoms with E-state index in [9.17, 15) is 9.59 Å². The zero-order valence-corrected chi connectivity index (χ0v) is 20.4. The van der Waals surface area contributed by atoms with Gasteiger partial charge in [-0.05, 0) is 48.6 Å². The van der Waals surface area contributed by atoms with Crippen molar-refractivity contribution in [2.75, 3.05) is 40.6 Å². The molecule has 6 heteroatoms. The highest BCUT2D eigenvalue weighted by Gasteiger charge is 2.15. The van der Waals surface area contributed by atoms with Crippen molar-refractivity contribution in [3.8, 4) is 0 Å². The van der Waals surface area contributed by atoms with Gasteiger partial charge < -0.3 is 18.9 Å². The fourth-order valence-corrected chi connectivity index (χ4v) is 3.90. The number of benzene rings is 2. The summed E-state index contributed by atoms with van der Waals surface area (Å²) in [6, 6.07) is 20.3. The van der Waals surface area contributed by atoms with Crippen molar-refractivity contribution in [3.63, 3.8) is 0 Å². The Labute approximate surface area is 203 Å². The van der Waals surface area contributed by atoms with Gasteiger partial charge in [-0.1, -0.05) is 60.7 Å².